The third-order valence-corrected chi connectivity index (χ3v) is 4.47. The lowest BCUT2D eigenvalue weighted by Crippen LogP contribution is -2.41. The summed E-state index contributed by atoms with van der Waals surface area (Å²) in [6.45, 7) is 7.65. The zero-order valence-electron chi connectivity index (χ0n) is 16.8. The molecule has 0 aliphatic rings. The molecule has 0 aliphatic carbocycles. The molecule has 2 aromatic heterocycles. The summed E-state index contributed by atoms with van der Waals surface area (Å²) >= 11 is 0. The van der Waals surface area contributed by atoms with E-state index in [9.17, 15) is 9.59 Å². The van der Waals surface area contributed by atoms with Crippen molar-refractivity contribution in [3.05, 3.63) is 36.4 Å². The first-order valence-corrected chi connectivity index (χ1v) is 9.92. The Balaban J connectivity index is 1.79. The fourth-order valence-corrected chi connectivity index (χ4v) is 3.04. The van der Waals surface area contributed by atoms with Crippen LogP contribution in [0.4, 0.5) is 0 Å². The van der Waals surface area contributed by atoms with Crippen LogP contribution in [-0.2, 0) is 20.7 Å². The minimum atomic E-state index is -0.588. The predicted molar refractivity (Wildman–Crippen MR) is 109 cm³/mol. The first-order chi connectivity index (χ1) is 13.5. The number of rotatable bonds is 12. The van der Waals surface area contributed by atoms with Gasteiger partial charge in [-0.05, 0) is 38.7 Å². The molecule has 0 aromatic carbocycles. The van der Waals surface area contributed by atoms with Gasteiger partial charge in [-0.3, -0.25) is 9.78 Å². The molecule has 0 fully saturated rings. The SMILES string of the molecule is C=CCOC(=O)[C@H](CCCC)NC(=O)CCCCc1nccc2[nH]c(C)nc12. The fraction of sp³-hybridized carbons (Fsp3) is 0.524. The number of hydrogen-bond donors (Lipinski definition) is 2. The summed E-state index contributed by atoms with van der Waals surface area (Å²) in [6.07, 6.45) is 8.35. The third kappa shape index (κ3) is 6.48. The number of fused-ring (bicyclic) bond motifs is 1. The Labute approximate surface area is 166 Å². The van der Waals surface area contributed by atoms with Crippen molar-refractivity contribution in [2.75, 3.05) is 6.61 Å². The van der Waals surface area contributed by atoms with E-state index in [0.29, 0.717) is 12.8 Å². The van der Waals surface area contributed by atoms with E-state index in [2.05, 4.69) is 26.8 Å². The summed E-state index contributed by atoms with van der Waals surface area (Å²) in [5, 5.41) is 2.81. The van der Waals surface area contributed by atoms with Crippen LogP contribution >= 0.6 is 0 Å². The highest BCUT2D eigenvalue weighted by Gasteiger charge is 2.21. The van der Waals surface area contributed by atoms with E-state index in [4.69, 9.17) is 4.74 Å². The lowest BCUT2D eigenvalue weighted by molar-refractivity contribution is -0.147. The number of carbonyl (C=O) groups is 2. The average molecular weight is 386 g/mol. The topological polar surface area (TPSA) is 97.0 Å². The molecule has 0 bridgehead atoms. The van der Waals surface area contributed by atoms with Crippen molar-refractivity contribution in [1.29, 1.82) is 0 Å². The lowest BCUT2D eigenvalue weighted by atomic mass is 10.1. The number of aromatic nitrogens is 3. The quantitative estimate of drug-likeness (QED) is 0.331. The van der Waals surface area contributed by atoms with Gasteiger partial charge in [-0.2, -0.15) is 0 Å². The molecule has 0 spiro atoms. The Kier molecular flexibility index (Phi) is 8.65. The Morgan fingerprint density at radius 3 is 2.93 bits per heavy atom. The van der Waals surface area contributed by atoms with Gasteiger partial charge in [0.05, 0.1) is 11.2 Å². The van der Waals surface area contributed by atoms with Crippen LogP contribution in [0.15, 0.2) is 24.9 Å². The molecular weight excluding hydrogens is 356 g/mol. The van der Waals surface area contributed by atoms with Crippen molar-refractivity contribution < 1.29 is 14.3 Å². The van der Waals surface area contributed by atoms with Gasteiger partial charge in [-0.25, -0.2) is 9.78 Å². The standard InChI is InChI=1S/C21H30N4O3/c1-4-6-9-18(21(27)28-14-5-2)25-19(26)11-8-7-10-16-20-17(12-13-22-16)23-15(3)24-20/h5,12-13,18H,2,4,6-11,14H2,1,3H3,(H,23,24)(H,25,26)/t18-/m0/s1. The fourth-order valence-electron chi connectivity index (χ4n) is 3.04. The number of ether oxygens (including phenoxy) is 1. The highest BCUT2D eigenvalue weighted by molar-refractivity contribution is 5.84. The number of unbranched alkanes of at least 4 members (excludes halogenated alkanes) is 2. The summed E-state index contributed by atoms with van der Waals surface area (Å²) in [6, 6.07) is 1.32. The molecule has 0 saturated carbocycles. The van der Waals surface area contributed by atoms with Crippen molar-refractivity contribution in [2.45, 2.75) is 64.8 Å². The molecule has 7 nitrogen and oxygen atoms in total. The molecule has 1 atom stereocenters. The minimum Gasteiger partial charge on any atom is -0.460 e. The monoisotopic (exact) mass is 386 g/mol. The number of carbonyl (C=O) groups excluding carboxylic acids is 2. The van der Waals surface area contributed by atoms with Gasteiger partial charge in [-0.15, -0.1) is 0 Å². The smallest absolute Gasteiger partial charge is 0.328 e. The number of esters is 1. The van der Waals surface area contributed by atoms with E-state index in [1.54, 1.807) is 6.20 Å². The Morgan fingerprint density at radius 1 is 1.36 bits per heavy atom. The Bertz CT molecular complexity index is 800. The number of pyridine rings is 1. The number of H-pyrrole nitrogens is 1. The summed E-state index contributed by atoms with van der Waals surface area (Å²) in [5.41, 5.74) is 2.82. The van der Waals surface area contributed by atoms with Crippen LogP contribution in [0.25, 0.3) is 11.0 Å². The largest absolute Gasteiger partial charge is 0.460 e. The van der Waals surface area contributed by atoms with E-state index in [1.807, 2.05) is 19.9 Å². The molecule has 2 rings (SSSR count). The highest BCUT2D eigenvalue weighted by Crippen LogP contribution is 2.16. The Morgan fingerprint density at radius 2 is 2.18 bits per heavy atom. The third-order valence-electron chi connectivity index (χ3n) is 4.47. The maximum absolute atomic E-state index is 12.2. The first-order valence-electron chi connectivity index (χ1n) is 9.92. The van der Waals surface area contributed by atoms with E-state index in [1.165, 1.54) is 6.08 Å². The van der Waals surface area contributed by atoms with Gasteiger partial charge in [0.2, 0.25) is 5.91 Å². The van der Waals surface area contributed by atoms with Crippen LogP contribution in [0, 0.1) is 6.92 Å². The number of imidazole rings is 1. The maximum atomic E-state index is 12.2. The molecule has 7 heteroatoms. The van der Waals surface area contributed by atoms with Gasteiger partial charge in [0.1, 0.15) is 24.0 Å². The van der Waals surface area contributed by atoms with Crippen LogP contribution < -0.4 is 5.32 Å². The van der Waals surface area contributed by atoms with Crippen LogP contribution in [0.5, 0.6) is 0 Å². The molecule has 2 aromatic rings. The van der Waals surface area contributed by atoms with E-state index in [-0.39, 0.29) is 12.5 Å². The number of nitrogens with zero attached hydrogens (tertiary/aromatic N) is 2. The van der Waals surface area contributed by atoms with Crippen molar-refractivity contribution in [1.82, 2.24) is 20.3 Å². The van der Waals surface area contributed by atoms with Gasteiger partial charge in [-0.1, -0.05) is 32.4 Å². The molecule has 152 valence electrons. The summed E-state index contributed by atoms with van der Waals surface area (Å²) < 4.78 is 5.09. The van der Waals surface area contributed by atoms with Gasteiger partial charge < -0.3 is 15.0 Å². The van der Waals surface area contributed by atoms with E-state index >= 15 is 0 Å². The summed E-state index contributed by atoms with van der Waals surface area (Å²) in [4.78, 5) is 36.4. The number of amides is 1. The molecule has 0 radical (unpaired) electrons. The minimum absolute atomic E-state index is 0.126. The number of aromatic amines is 1. The highest BCUT2D eigenvalue weighted by atomic mass is 16.5. The molecule has 28 heavy (non-hydrogen) atoms. The number of hydrogen-bond acceptors (Lipinski definition) is 5. The summed E-state index contributed by atoms with van der Waals surface area (Å²) in [5.74, 6) is 0.343. The van der Waals surface area contributed by atoms with Crippen LogP contribution in [-0.4, -0.2) is 39.5 Å². The number of aryl methyl sites for hydroxylation is 2. The van der Waals surface area contributed by atoms with Gasteiger partial charge >= 0.3 is 5.97 Å². The van der Waals surface area contributed by atoms with Gasteiger partial charge in [0.25, 0.3) is 0 Å². The molecular formula is C21H30N4O3. The zero-order chi connectivity index (χ0) is 20.4. The summed E-state index contributed by atoms with van der Waals surface area (Å²) in [7, 11) is 0. The van der Waals surface area contributed by atoms with Crippen LogP contribution in [0.1, 0.15) is 57.0 Å². The van der Waals surface area contributed by atoms with Gasteiger partial charge in [0.15, 0.2) is 0 Å². The lowest BCUT2D eigenvalue weighted by Gasteiger charge is -2.17. The molecule has 2 N–H and O–H groups in total. The zero-order valence-corrected chi connectivity index (χ0v) is 16.8. The van der Waals surface area contributed by atoms with Crippen LogP contribution in [0.2, 0.25) is 0 Å². The second-order valence-corrected chi connectivity index (χ2v) is 6.86. The molecule has 0 aliphatic heterocycles. The molecule has 1 amide bonds. The first kappa shape index (κ1) is 21.6. The van der Waals surface area contributed by atoms with Crippen molar-refractivity contribution >= 4 is 22.9 Å². The molecule has 2 heterocycles. The average Bonchev–Trinajstić information content (AvgIpc) is 3.07. The van der Waals surface area contributed by atoms with Crippen LogP contribution in [0.3, 0.4) is 0 Å². The van der Waals surface area contributed by atoms with Gasteiger partial charge in [0, 0.05) is 12.6 Å². The second-order valence-electron chi connectivity index (χ2n) is 6.86. The molecule has 0 unspecified atom stereocenters. The van der Waals surface area contributed by atoms with E-state index in [0.717, 1.165) is 54.7 Å². The molecule has 0 saturated heterocycles. The van der Waals surface area contributed by atoms with Crippen molar-refractivity contribution in [3.8, 4) is 0 Å². The second kappa shape index (κ2) is 11.2. The van der Waals surface area contributed by atoms with Crippen molar-refractivity contribution in [3.63, 3.8) is 0 Å². The number of nitrogens with one attached hydrogen (secondary N) is 2. The normalized spacial score (nSPS) is 11.9. The maximum Gasteiger partial charge on any atom is 0.328 e. The predicted octanol–water partition coefficient (Wildman–Crippen LogP) is 3.38. The van der Waals surface area contributed by atoms with Crippen molar-refractivity contribution in [2.24, 2.45) is 0 Å². The van der Waals surface area contributed by atoms with E-state index < -0.39 is 12.0 Å². The Hall–Kier alpha value is -2.70.